The lowest BCUT2D eigenvalue weighted by molar-refractivity contribution is -0.122. The molecule has 8 heteroatoms. The van der Waals surface area contributed by atoms with Gasteiger partial charge in [-0.25, -0.2) is 9.69 Å². The SMILES string of the molecule is C#CCOc1ccc(C=C2C(=O)NC(=O)N(c3ccc(Cl)cc3)C2=O)cc1OC. The van der Waals surface area contributed by atoms with E-state index in [2.05, 4.69) is 11.2 Å². The standard InChI is InChI=1S/C21H15ClN2O5/c1-3-10-29-17-9-4-13(12-18(17)28-2)11-16-19(25)23-21(27)24(20(16)26)15-7-5-14(22)6-8-15/h1,4-9,11-12H,10H2,2H3,(H,23,25,27). The van der Waals surface area contributed by atoms with Crippen molar-refractivity contribution in [3.8, 4) is 23.8 Å². The Balaban J connectivity index is 1.96. The van der Waals surface area contributed by atoms with Gasteiger partial charge in [-0.1, -0.05) is 23.6 Å². The molecule has 1 aliphatic heterocycles. The molecule has 0 spiro atoms. The van der Waals surface area contributed by atoms with Crippen LogP contribution in [-0.2, 0) is 9.59 Å². The number of rotatable bonds is 5. The van der Waals surface area contributed by atoms with E-state index < -0.39 is 17.8 Å². The Morgan fingerprint density at radius 3 is 2.52 bits per heavy atom. The summed E-state index contributed by atoms with van der Waals surface area (Å²) >= 11 is 5.85. The van der Waals surface area contributed by atoms with Gasteiger partial charge in [-0.3, -0.25) is 14.9 Å². The zero-order valence-electron chi connectivity index (χ0n) is 15.3. The molecule has 1 aliphatic rings. The van der Waals surface area contributed by atoms with Crippen molar-refractivity contribution in [2.75, 3.05) is 18.6 Å². The summed E-state index contributed by atoms with van der Waals surface area (Å²) in [6, 6.07) is 10.1. The highest BCUT2D eigenvalue weighted by atomic mass is 35.5. The topological polar surface area (TPSA) is 84.9 Å². The number of methoxy groups -OCH3 is 1. The van der Waals surface area contributed by atoms with Crippen molar-refractivity contribution in [3.05, 3.63) is 58.6 Å². The fourth-order valence-corrected chi connectivity index (χ4v) is 2.79. The molecule has 146 valence electrons. The van der Waals surface area contributed by atoms with Crippen molar-refractivity contribution in [2.45, 2.75) is 0 Å². The zero-order valence-corrected chi connectivity index (χ0v) is 16.0. The number of benzene rings is 2. The number of imide groups is 2. The fraction of sp³-hybridized carbons (Fsp3) is 0.0952. The van der Waals surface area contributed by atoms with Crippen LogP contribution in [0.5, 0.6) is 11.5 Å². The molecule has 29 heavy (non-hydrogen) atoms. The number of carbonyl (C=O) groups is 3. The molecule has 2 aromatic carbocycles. The maximum absolute atomic E-state index is 12.9. The van der Waals surface area contributed by atoms with Gasteiger partial charge >= 0.3 is 6.03 Å². The second-order valence-electron chi connectivity index (χ2n) is 5.84. The molecule has 0 aliphatic carbocycles. The molecule has 1 saturated heterocycles. The van der Waals surface area contributed by atoms with Gasteiger partial charge in [-0.2, -0.15) is 0 Å². The van der Waals surface area contributed by atoms with Crippen molar-refractivity contribution in [1.29, 1.82) is 0 Å². The summed E-state index contributed by atoms with van der Waals surface area (Å²) in [7, 11) is 1.45. The highest BCUT2D eigenvalue weighted by Crippen LogP contribution is 2.30. The van der Waals surface area contributed by atoms with E-state index >= 15 is 0 Å². The second kappa shape index (κ2) is 8.50. The van der Waals surface area contributed by atoms with Gasteiger partial charge in [0, 0.05) is 5.02 Å². The van der Waals surface area contributed by atoms with Crippen LogP contribution in [0, 0.1) is 12.3 Å². The minimum absolute atomic E-state index is 0.0653. The summed E-state index contributed by atoms with van der Waals surface area (Å²) in [5.41, 5.74) is 0.573. The molecule has 0 saturated carbocycles. The number of nitrogens with one attached hydrogen (secondary N) is 1. The molecule has 1 fully saturated rings. The van der Waals surface area contributed by atoms with Gasteiger partial charge in [0.25, 0.3) is 11.8 Å². The number of ether oxygens (including phenoxy) is 2. The second-order valence-corrected chi connectivity index (χ2v) is 6.27. The number of hydrogen-bond acceptors (Lipinski definition) is 5. The molecule has 3 rings (SSSR count). The van der Waals surface area contributed by atoms with Gasteiger partial charge in [0.05, 0.1) is 12.8 Å². The average molecular weight is 411 g/mol. The number of carbonyl (C=O) groups excluding carboxylic acids is 3. The lowest BCUT2D eigenvalue weighted by Gasteiger charge is -2.26. The van der Waals surface area contributed by atoms with E-state index in [1.165, 1.54) is 37.5 Å². The van der Waals surface area contributed by atoms with Crippen LogP contribution in [-0.4, -0.2) is 31.6 Å². The maximum atomic E-state index is 12.9. The van der Waals surface area contributed by atoms with Crippen LogP contribution in [0.25, 0.3) is 6.08 Å². The molecule has 1 heterocycles. The number of hydrogen-bond donors (Lipinski definition) is 1. The van der Waals surface area contributed by atoms with Gasteiger partial charge in [0.2, 0.25) is 0 Å². The van der Waals surface area contributed by atoms with E-state index in [4.69, 9.17) is 27.5 Å². The first-order valence-corrected chi connectivity index (χ1v) is 8.73. The number of amides is 4. The summed E-state index contributed by atoms with van der Waals surface area (Å²) in [6.45, 7) is 0.0653. The number of terminal acetylenes is 1. The van der Waals surface area contributed by atoms with Crippen LogP contribution in [0.3, 0.4) is 0 Å². The quantitative estimate of drug-likeness (QED) is 0.465. The Hall–Kier alpha value is -3.76. The number of barbiturate groups is 1. The van der Waals surface area contributed by atoms with Crippen LogP contribution in [0.1, 0.15) is 5.56 Å². The first-order chi connectivity index (χ1) is 13.9. The first-order valence-electron chi connectivity index (χ1n) is 8.36. The molecule has 0 aromatic heterocycles. The average Bonchev–Trinajstić information content (AvgIpc) is 2.71. The molecule has 0 atom stereocenters. The summed E-state index contributed by atoms with van der Waals surface area (Å²) in [5.74, 6) is 1.60. The minimum Gasteiger partial charge on any atom is -0.493 e. The largest absolute Gasteiger partial charge is 0.493 e. The Labute approximate surface area is 171 Å². The fourth-order valence-electron chi connectivity index (χ4n) is 2.66. The predicted octanol–water partition coefficient (Wildman–Crippen LogP) is 3.03. The van der Waals surface area contributed by atoms with Crippen molar-refractivity contribution in [1.82, 2.24) is 5.32 Å². The highest BCUT2D eigenvalue weighted by molar-refractivity contribution is 6.39. The van der Waals surface area contributed by atoms with Crippen molar-refractivity contribution < 1.29 is 23.9 Å². The van der Waals surface area contributed by atoms with Crippen LogP contribution < -0.4 is 19.7 Å². The molecule has 2 aromatic rings. The van der Waals surface area contributed by atoms with Crippen molar-refractivity contribution in [3.63, 3.8) is 0 Å². The first kappa shape index (κ1) is 20.0. The van der Waals surface area contributed by atoms with Crippen LogP contribution >= 0.6 is 11.6 Å². The van der Waals surface area contributed by atoms with E-state index in [-0.39, 0.29) is 17.9 Å². The lowest BCUT2D eigenvalue weighted by atomic mass is 10.1. The van der Waals surface area contributed by atoms with E-state index in [0.717, 1.165) is 4.90 Å². The molecule has 4 amide bonds. The third-order valence-corrected chi connectivity index (χ3v) is 4.25. The highest BCUT2D eigenvalue weighted by Gasteiger charge is 2.36. The van der Waals surface area contributed by atoms with Crippen LogP contribution in [0.2, 0.25) is 5.02 Å². The Kier molecular flexibility index (Phi) is 5.86. The minimum atomic E-state index is -0.838. The van der Waals surface area contributed by atoms with Crippen molar-refractivity contribution in [2.24, 2.45) is 0 Å². The van der Waals surface area contributed by atoms with E-state index in [0.29, 0.717) is 22.1 Å². The number of anilines is 1. The Morgan fingerprint density at radius 1 is 1.14 bits per heavy atom. The van der Waals surface area contributed by atoms with Gasteiger partial charge in [-0.15, -0.1) is 6.42 Å². The number of nitrogens with zero attached hydrogens (tertiary/aromatic N) is 1. The predicted molar refractivity (Wildman–Crippen MR) is 108 cm³/mol. The molecule has 0 unspecified atom stereocenters. The summed E-state index contributed by atoms with van der Waals surface area (Å²) < 4.78 is 10.6. The van der Waals surface area contributed by atoms with Crippen LogP contribution in [0.15, 0.2) is 48.0 Å². The van der Waals surface area contributed by atoms with Gasteiger partial charge in [0.15, 0.2) is 11.5 Å². The third-order valence-electron chi connectivity index (χ3n) is 4.00. The smallest absolute Gasteiger partial charge is 0.335 e. The Morgan fingerprint density at radius 2 is 1.86 bits per heavy atom. The third kappa shape index (κ3) is 4.23. The van der Waals surface area contributed by atoms with E-state index in [1.54, 1.807) is 18.2 Å². The summed E-state index contributed by atoms with van der Waals surface area (Å²) in [4.78, 5) is 38.2. The van der Waals surface area contributed by atoms with E-state index in [9.17, 15) is 14.4 Å². The molecule has 1 N–H and O–H groups in total. The lowest BCUT2D eigenvalue weighted by Crippen LogP contribution is -2.54. The molecule has 7 nitrogen and oxygen atoms in total. The van der Waals surface area contributed by atoms with Gasteiger partial charge in [0.1, 0.15) is 12.2 Å². The van der Waals surface area contributed by atoms with E-state index in [1.807, 2.05) is 0 Å². The molecular formula is C21H15ClN2O5. The van der Waals surface area contributed by atoms with Gasteiger partial charge < -0.3 is 9.47 Å². The number of urea groups is 1. The number of halogens is 1. The normalized spacial score (nSPS) is 15.1. The molecule has 0 radical (unpaired) electrons. The summed E-state index contributed by atoms with van der Waals surface area (Å²) in [5, 5.41) is 2.61. The zero-order chi connectivity index (χ0) is 21.0. The van der Waals surface area contributed by atoms with Crippen LogP contribution in [0.4, 0.5) is 10.5 Å². The van der Waals surface area contributed by atoms with Gasteiger partial charge in [-0.05, 0) is 48.0 Å². The summed E-state index contributed by atoms with van der Waals surface area (Å²) in [6.07, 6.45) is 6.55. The Bertz CT molecular complexity index is 1050. The monoisotopic (exact) mass is 410 g/mol. The molecular weight excluding hydrogens is 396 g/mol. The van der Waals surface area contributed by atoms with Crippen molar-refractivity contribution >= 4 is 41.2 Å². The molecule has 0 bridgehead atoms. The maximum Gasteiger partial charge on any atom is 0.335 e.